The highest BCUT2D eigenvalue weighted by molar-refractivity contribution is 6.05. The fraction of sp³-hybridized carbons (Fsp3) is 0.500. The fourth-order valence-corrected chi connectivity index (χ4v) is 3.04. The van der Waals surface area contributed by atoms with Crippen molar-refractivity contribution in [3.05, 3.63) is 24.0 Å². The van der Waals surface area contributed by atoms with Gasteiger partial charge >= 0.3 is 0 Å². The lowest BCUT2D eigenvalue weighted by Crippen LogP contribution is -2.34. The maximum Gasteiger partial charge on any atom is 0.229 e. The standard InChI is InChI=1S/C18H23FN4O3/c1-11(2)26-8-4-7-20-18(25)12-9-15(24)23(10-12)17-16-13(19)5-3-6-14(16)21-22-17/h3,5-6,11-12H,4,7-10H2,1-2H3,(H,20,25)(H,21,22)/t12-/m0/s1. The number of anilines is 1. The molecule has 2 aromatic rings. The molecule has 0 unspecified atom stereocenters. The number of amides is 2. The van der Waals surface area contributed by atoms with E-state index in [9.17, 15) is 14.0 Å². The molecule has 0 radical (unpaired) electrons. The van der Waals surface area contributed by atoms with Crippen molar-refractivity contribution in [3.8, 4) is 0 Å². The van der Waals surface area contributed by atoms with Crippen LogP contribution in [0.3, 0.4) is 0 Å². The summed E-state index contributed by atoms with van der Waals surface area (Å²) in [5.41, 5.74) is 0.519. The number of rotatable bonds is 7. The summed E-state index contributed by atoms with van der Waals surface area (Å²) in [7, 11) is 0. The van der Waals surface area contributed by atoms with Crippen LogP contribution in [0.1, 0.15) is 26.7 Å². The average Bonchev–Trinajstić information content (AvgIpc) is 3.18. The normalized spacial score (nSPS) is 17.5. The van der Waals surface area contributed by atoms with E-state index in [0.29, 0.717) is 25.1 Å². The van der Waals surface area contributed by atoms with Crippen molar-refractivity contribution in [1.29, 1.82) is 0 Å². The summed E-state index contributed by atoms with van der Waals surface area (Å²) < 4.78 is 19.5. The minimum Gasteiger partial charge on any atom is -0.379 e. The third-order valence-electron chi connectivity index (χ3n) is 4.34. The predicted molar refractivity (Wildman–Crippen MR) is 95.2 cm³/mol. The molecule has 3 rings (SSSR count). The summed E-state index contributed by atoms with van der Waals surface area (Å²) in [5.74, 6) is -1.08. The second-order valence-corrected chi connectivity index (χ2v) is 6.68. The quantitative estimate of drug-likeness (QED) is 0.738. The first-order chi connectivity index (χ1) is 12.5. The zero-order valence-electron chi connectivity index (χ0n) is 14.9. The number of H-pyrrole nitrogens is 1. The van der Waals surface area contributed by atoms with E-state index in [2.05, 4.69) is 15.5 Å². The molecule has 1 aliphatic heterocycles. The first kappa shape index (κ1) is 18.3. The Morgan fingerprint density at radius 3 is 3.08 bits per heavy atom. The predicted octanol–water partition coefficient (Wildman–Crippen LogP) is 1.99. The molecule has 2 heterocycles. The molecule has 1 aromatic carbocycles. The molecule has 0 saturated carbocycles. The molecule has 1 aromatic heterocycles. The Kier molecular flexibility index (Phi) is 5.51. The van der Waals surface area contributed by atoms with E-state index in [1.54, 1.807) is 12.1 Å². The lowest BCUT2D eigenvalue weighted by atomic mass is 10.1. The largest absolute Gasteiger partial charge is 0.379 e. The molecular formula is C18H23FN4O3. The number of aromatic nitrogens is 2. The summed E-state index contributed by atoms with van der Waals surface area (Å²) in [4.78, 5) is 26.0. The molecule has 1 fully saturated rings. The minimum atomic E-state index is -0.466. The second-order valence-electron chi connectivity index (χ2n) is 6.68. The Labute approximate surface area is 150 Å². The van der Waals surface area contributed by atoms with Crippen LogP contribution in [-0.4, -0.2) is 47.8 Å². The van der Waals surface area contributed by atoms with Gasteiger partial charge in [0.15, 0.2) is 5.82 Å². The first-order valence-electron chi connectivity index (χ1n) is 8.79. The smallest absolute Gasteiger partial charge is 0.229 e. The molecule has 1 aliphatic rings. The number of halogens is 1. The van der Waals surface area contributed by atoms with Crippen LogP contribution < -0.4 is 10.2 Å². The van der Waals surface area contributed by atoms with E-state index >= 15 is 0 Å². The number of carbonyl (C=O) groups excluding carboxylic acids is 2. The number of benzene rings is 1. The molecule has 1 atom stereocenters. The summed E-state index contributed by atoms with van der Waals surface area (Å²) in [5, 5.41) is 9.91. The van der Waals surface area contributed by atoms with Gasteiger partial charge in [0.25, 0.3) is 0 Å². The average molecular weight is 362 g/mol. The van der Waals surface area contributed by atoms with Gasteiger partial charge < -0.3 is 10.1 Å². The van der Waals surface area contributed by atoms with E-state index < -0.39 is 11.7 Å². The summed E-state index contributed by atoms with van der Waals surface area (Å²) in [6.45, 7) is 5.18. The Hall–Kier alpha value is -2.48. The number of aromatic amines is 1. The van der Waals surface area contributed by atoms with Crippen molar-refractivity contribution in [2.24, 2.45) is 5.92 Å². The van der Waals surface area contributed by atoms with Crippen LogP contribution in [0, 0.1) is 11.7 Å². The molecule has 26 heavy (non-hydrogen) atoms. The molecular weight excluding hydrogens is 339 g/mol. The molecule has 2 N–H and O–H groups in total. The Morgan fingerprint density at radius 1 is 1.50 bits per heavy atom. The lowest BCUT2D eigenvalue weighted by molar-refractivity contribution is -0.126. The number of carbonyl (C=O) groups is 2. The van der Waals surface area contributed by atoms with Crippen LogP contribution in [-0.2, 0) is 14.3 Å². The van der Waals surface area contributed by atoms with Crippen molar-refractivity contribution in [2.75, 3.05) is 24.6 Å². The Bertz CT molecular complexity index is 805. The third kappa shape index (κ3) is 3.85. The Morgan fingerprint density at radius 2 is 2.31 bits per heavy atom. The summed E-state index contributed by atoms with van der Waals surface area (Å²) >= 11 is 0. The van der Waals surface area contributed by atoms with Gasteiger partial charge in [0.05, 0.1) is 22.9 Å². The van der Waals surface area contributed by atoms with E-state index in [0.717, 1.165) is 0 Å². The second kappa shape index (κ2) is 7.82. The van der Waals surface area contributed by atoms with Crippen LogP contribution in [0.2, 0.25) is 0 Å². The minimum absolute atomic E-state index is 0.0944. The van der Waals surface area contributed by atoms with E-state index in [4.69, 9.17) is 4.74 Å². The zero-order valence-corrected chi connectivity index (χ0v) is 14.9. The van der Waals surface area contributed by atoms with Crippen molar-refractivity contribution in [1.82, 2.24) is 15.5 Å². The van der Waals surface area contributed by atoms with Gasteiger partial charge in [-0.15, -0.1) is 0 Å². The zero-order chi connectivity index (χ0) is 18.7. The maximum atomic E-state index is 14.1. The topological polar surface area (TPSA) is 87.3 Å². The monoisotopic (exact) mass is 362 g/mol. The summed E-state index contributed by atoms with van der Waals surface area (Å²) in [6.07, 6.45) is 0.969. The number of hydrogen-bond donors (Lipinski definition) is 2. The van der Waals surface area contributed by atoms with Gasteiger partial charge in [-0.2, -0.15) is 5.10 Å². The summed E-state index contributed by atoms with van der Waals surface area (Å²) in [6, 6.07) is 4.59. The highest BCUT2D eigenvalue weighted by atomic mass is 19.1. The maximum absolute atomic E-state index is 14.1. The van der Waals surface area contributed by atoms with Gasteiger partial charge in [0.1, 0.15) is 5.82 Å². The van der Waals surface area contributed by atoms with E-state index in [1.165, 1.54) is 11.0 Å². The highest BCUT2D eigenvalue weighted by Gasteiger charge is 2.37. The van der Waals surface area contributed by atoms with E-state index in [-0.39, 0.29) is 42.1 Å². The number of ether oxygens (including phenoxy) is 1. The van der Waals surface area contributed by atoms with Crippen molar-refractivity contribution in [3.63, 3.8) is 0 Å². The van der Waals surface area contributed by atoms with Crippen LogP contribution in [0.5, 0.6) is 0 Å². The molecule has 0 bridgehead atoms. The van der Waals surface area contributed by atoms with Gasteiger partial charge in [-0.05, 0) is 32.4 Å². The van der Waals surface area contributed by atoms with Gasteiger partial charge in [0, 0.05) is 26.1 Å². The third-order valence-corrected chi connectivity index (χ3v) is 4.34. The molecule has 0 aliphatic carbocycles. The van der Waals surface area contributed by atoms with Gasteiger partial charge in [-0.3, -0.25) is 19.6 Å². The highest BCUT2D eigenvalue weighted by Crippen LogP contribution is 2.31. The molecule has 7 nitrogen and oxygen atoms in total. The number of hydrogen-bond acceptors (Lipinski definition) is 4. The van der Waals surface area contributed by atoms with Gasteiger partial charge in [-0.25, -0.2) is 4.39 Å². The van der Waals surface area contributed by atoms with Gasteiger partial charge in [-0.1, -0.05) is 6.07 Å². The number of nitrogens with zero attached hydrogens (tertiary/aromatic N) is 2. The molecule has 2 amide bonds. The van der Waals surface area contributed by atoms with Crippen LogP contribution in [0.15, 0.2) is 18.2 Å². The SMILES string of the molecule is CC(C)OCCCNC(=O)[C@H]1CC(=O)N(c2n[nH]c3cccc(F)c23)C1. The molecule has 140 valence electrons. The fourth-order valence-electron chi connectivity index (χ4n) is 3.04. The van der Waals surface area contributed by atoms with Gasteiger partial charge in [0.2, 0.25) is 11.8 Å². The lowest BCUT2D eigenvalue weighted by Gasteiger charge is -2.14. The molecule has 0 spiro atoms. The van der Waals surface area contributed by atoms with Crippen LogP contribution in [0.4, 0.5) is 10.2 Å². The number of fused-ring (bicyclic) bond motifs is 1. The Balaban J connectivity index is 1.60. The van der Waals surface area contributed by atoms with Crippen molar-refractivity contribution in [2.45, 2.75) is 32.8 Å². The number of nitrogens with one attached hydrogen (secondary N) is 2. The van der Waals surface area contributed by atoms with Crippen LogP contribution in [0.25, 0.3) is 10.9 Å². The van der Waals surface area contributed by atoms with Crippen molar-refractivity contribution >= 4 is 28.5 Å². The molecule has 8 heteroatoms. The first-order valence-corrected chi connectivity index (χ1v) is 8.79. The van der Waals surface area contributed by atoms with E-state index in [1.807, 2.05) is 13.8 Å². The van der Waals surface area contributed by atoms with Crippen molar-refractivity contribution < 1.29 is 18.7 Å². The molecule has 1 saturated heterocycles. The van der Waals surface area contributed by atoms with Crippen LogP contribution >= 0.6 is 0 Å².